The van der Waals surface area contributed by atoms with Gasteiger partial charge in [0.25, 0.3) is 0 Å². The highest BCUT2D eigenvalue weighted by Crippen LogP contribution is 2.14. The van der Waals surface area contributed by atoms with Crippen molar-refractivity contribution in [1.29, 1.82) is 10.5 Å². The molecule has 6 nitrogen and oxygen atoms in total. The molecule has 94 valence electrons. The third kappa shape index (κ3) is 3.04. The second-order valence-electron chi connectivity index (χ2n) is 3.81. The molecule has 1 aromatic rings. The highest BCUT2D eigenvalue weighted by atomic mass is 32.2. The van der Waals surface area contributed by atoms with Crippen molar-refractivity contribution in [2.24, 2.45) is 5.92 Å². The van der Waals surface area contributed by atoms with Crippen molar-refractivity contribution in [2.75, 3.05) is 13.6 Å². The Balaban J connectivity index is 2.99. The van der Waals surface area contributed by atoms with Crippen LogP contribution in [0.25, 0.3) is 0 Å². The molecular weight excluding hydrogens is 252 g/mol. The van der Waals surface area contributed by atoms with Crippen molar-refractivity contribution >= 4 is 10.0 Å². The van der Waals surface area contributed by atoms with Crippen molar-refractivity contribution in [3.8, 4) is 12.1 Å². The van der Waals surface area contributed by atoms with E-state index in [1.54, 1.807) is 6.92 Å². The number of pyridine rings is 1. The van der Waals surface area contributed by atoms with E-state index in [1.807, 2.05) is 12.1 Å². The Hall–Kier alpha value is -1.96. The Labute approximate surface area is 106 Å². The van der Waals surface area contributed by atoms with Gasteiger partial charge in [0, 0.05) is 19.8 Å². The van der Waals surface area contributed by atoms with Crippen molar-refractivity contribution < 1.29 is 8.42 Å². The number of rotatable bonds is 4. The van der Waals surface area contributed by atoms with E-state index in [9.17, 15) is 8.42 Å². The van der Waals surface area contributed by atoms with Gasteiger partial charge in [0.05, 0.1) is 12.0 Å². The monoisotopic (exact) mass is 264 g/mol. The summed E-state index contributed by atoms with van der Waals surface area (Å²) in [4.78, 5) is 3.72. The molecule has 1 atom stereocenters. The molecule has 0 N–H and O–H groups in total. The first-order chi connectivity index (χ1) is 8.41. The maximum atomic E-state index is 12.1. The highest BCUT2D eigenvalue weighted by molar-refractivity contribution is 7.89. The third-order valence-electron chi connectivity index (χ3n) is 2.31. The highest BCUT2D eigenvalue weighted by Gasteiger charge is 2.22. The lowest BCUT2D eigenvalue weighted by molar-refractivity contribution is 0.439. The maximum Gasteiger partial charge on any atom is 0.244 e. The molecule has 0 spiro atoms. The van der Waals surface area contributed by atoms with Crippen molar-refractivity contribution in [3.05, 3.63) is 24.0 Å². The lowest BCUT2D eigenvalue weighted by atomic mass is 10.2. The smallest absolute Gasteiger partial charge is 0.244 e. The third-order valence-corrected chi connectivity index (χ3v) is 4.12. The Morgan fingerprint density at radius 3 is 2.56 bits per heavy atom. The number of hydrogen-bond acceptors (Lipinski definition) is 5. The average Bonchev–Trinajstić information content (AvgIpc) is 2.38. The average molecular weight is 264 g/mol. The molecule has 0 saturated heterocycles. The van der Waals surface area contributed by atoms with Gasteiger partial charge in [-0.1, -0.05) is 0 Å². The first kappa shape index (κ1) is 14.1. The van der Waals surface area contributed by atoms with E-state index in [-0.39, 0.29) is 17.1 Å². The van der Waals surface area contributed by atoms with Crippen LogP contribution in [0.3, 0.4) is 0 Å². The summed E-state index contributed by atoms with van der Waals surface area (Å²) >= 11 is 0. The first-order valence-corrected chi connectivity index (χ1v) is 6.58. The van der Waals surface area contributed by atoms with Gasteiger partial charge in [-0.3, -0.25) is 0 Å². The Kier molecular flexibility index (Phi) is 4.38. The van der Waals surface area contributed by atoms with Gasteiger partial charge in [-0.2, -0.15) is 14.8 Å². The number of aromatic nitrogens is 1. The van der Waals surface area contributed by atoms with E-state index in [2.05, 4.69) is 4.98 Å². The predicted molar refractivity (Wildman–Crippen MR) is 63.5 cm³/mol. The zero-order chi connectivity index (χ0) is 13.8. The molecular formula is C11H12N4O2S. The Bertz CT molecular complexity index is 595. The summed E-state index contributed by atoms with van der Waals surface area (Å²) in [7, 11) is -2.25. The molecule has 1 aromatic heterocycles. The van der Waals surface area contributed by atoms with Crippen LogP contribution in [0.15, 0.2) is 23.2 Å². The molecule has 1 heterocycles. The van der Waals surface area contributed by atoms with Crippen LogP contribution in [-0.2, 0) is 10.0 Å². The van der Waals surface area contributed by atoms with Crippen LogP contribution < -0.4 is 0 Å². The van der Waals surface area contributed by atoms with Gasteiger partial charge in [-0.05, 0) is 19.1 Å². The van der Waals surface area contributed by atoms with E-state index in [0.717, 1.165) is 10.5 Å². The summed E-state index contributed by atoms with van der Waals surface area (Å²) in [6, 6.07) is 6.46. The van der Waals surface area contributed by atoms with Crippen LogP contribution in [0.5, 0.6) is 0 Å². The maximum absolute atomic E-state index is 12.1. The molecule has 1 unspecified atom stereocenters. The fourth-order valence-corrected chi connectivity index (χ4v) is 2.51. The second kappa shape index (κ2) is 5.58. The van der Waals surface area contributed by atoms with Gasteiger partial charge >= 0.3 is 0 Å². The van der Waals surface area contributed by atoms with Gasteiger partial charge in [0.2, 0.25) is 10.0 Å². The number of hydrogen-bond donors (Lipinski definition) is 0. The first-order valence-electron chi connectivity index (χ1n) is 5.14. The van der Waals surface area contributed by atoms with Gasteiger partial charge in [-0.15, -0.1) is 0 Å². The number of nitriles is 2. The zero-order valence-corrected chi connectivity index (χ0v) is 10.8. The normalized spacial score (nSPS) is 12.7. The van der Waals surface area contributed by atoms with Gasteiger partial charge in [0.1, 0.15) is 16.7 Å². The molecule has 0 aliphatic rings. The zero-order valence-electron chi connectivity index (χ0n) is 10.0. The molecule has 0 saturated carbocycles. The number of nitrogens with zero attached hydrogens (tertiary/aromatic N) is 4. The molecule has 0 amide bonds. The molecule has 0 aliphatic heterocycles. The standard InChI is InChI=1S/C11H12N4O2S/c1-9(5-12)8-15(2)18(16,17)11-4-3-10(6-13)14-7-11/h3-4,7,9H,8H2,1-2H3. The Morgan fingerprint density at radius 1 is 1.44 bits per heavy atom. The summed E-state index contributed by atoms with van der Waals surface area (Å²) in [6.07, 6.45) is 1.14. The van der Waals surface area contributed by atoms with E-state index >= 15 is 0 Å². The number of sulfonamides is 1. The van der Waals surface area contributed by atoms with E-state index < -0.39 is 15.9 Å². The fourth-order valence-electron chi connectivity index (χ4n) is 1.30. The van der Waals surface area contributed by atoms with Crippen LogP contribution in [0.2, 0.25) is 0 Å². The molecule has 0 aromatic carbocycles. The van der Waals surface area contributed by atoms with Gasteiger partial charge in [-0.25, -0.2) is 13.4 Å². The van der Waals surface area contributed by atoms with E-state index in [1.165, 1.54) is 19.2 Å². The lowest BCUT2D eigenvalue weighted by Crippen LogP contribution is -2.30. The summed E-state index contributed by atoms with van der Waals surface area (Å²) in [5, 5.41) is 17.3. The molecule has 0 aliphatic carbocycles. The topological polar surface area (TPSA) is 97.9 Å². The predicted octanol–water partition coefficient (Wildman–Crippen LogP) is 0.733. The minimum absolute atomic E-state index is 0.00846. The second-order valence-corrected chi connectivity index (χ2v) is 5.85. The summed E-state index contributed by atoms with van der Waals surface area (Å²) in [5.74, 6) is -0.392. The minimum atomic E-state index is -3.66. The molecule has 18 heavy (non-hydrogen) atoms. The van der Waals surface area contributed by atoms with Crippen LogP contribution in [0.4, 0.5) is 0 Å². The Morgan fingerprint density at radius 2 is 2.11 bits per heavy atom. The molecule has 7 heteroatoms. The fraction of sp³-hybridized carbons (Fsp3) is 0.364. The minimum Gasteiger partial charge on any atom is -0.244 e. The van der Waals surface area contributed by atoms with Crippen LogP contribution in [-0.4, -0.2) is 31.3 Å². The van der Waals surface area contributed by atoms with E-state index in [4.69, 9.17) is 10.5 Å². The van der Waals surface area contributed by atoms with Crippen LogP contribution in [0, 0.1) is 28.6 Å². The lowest BCUT2D eigenvalue weighted by Gasteiger charge is -2.17. The van der Waals surface area contributed by atoms with Gasteiger partial charge < -0.3 is 0 Å². The van der Waals surface area contributed by atoms with Crippen molar-refractivity contribution in [3.63, 3.8) is 0 Å². The molecule has 0 radical (unpaired) electrons. The van der Waals surface area contributed by atoms with Crippen LogP contribution >= 0.6 is 0 Å². The van der Waals surface area contributed by atoms with Crippen molar-refractivity contribution in [1.82, 2.24) is 9.29 Å². The molecule has 0 bridgehead atoms. The van der Waals surface area contributed by atoms with Crippen LogP contribution in [0.1, 0.15) is 12.6 Å². The summed E-state index contributed by atoms with van der Waals surface area (Å²) < 4.78 is 25.3. The molecule has 0 fully saturated rings. The SMILES string of the molecule is CC(C#N)CN(C)S(=O)(=O)c1ccc(C#N)nc1. The summed E-state index contributed by atoms with van der Waals surface area (Å²) in [5.41, 5.74) is 0.155. The van der Waals surface area contributed by atoms with Gasteiger partial charge in [0.15, 0.2) is 0 Å². The van der Waals surface area contributed by atoms with Crippen molar-refractivity contribution in [2.45, 2.75) is 11.8 Å². The molecule has 1 rings (SSSR count). The van der Waals surface area contributed by atoms with E-state index in [0.29, 0.717) is 0 Å². The quantitative estimate of drug-likeness (QED) is 0.798. The largest absolute Gasteiger partial charge is 0.244 e. The summed E-state index contributed by atoms with van der Waals surface area (Å²) in [6.45, 7) is 1.75.